The molecule has 2 atom stereocenters. The summed E-state index contributed by atoms with van der Waals surface area (Å²) in [6, 6.07) is 11.7. The first-order valence-corrected chi connectivity index (χ1v) is 8.53. The maximum absolute atomic E-state index is 10.3. The second-order valence-electron chi connectivity index (χ2n) is 6.67. The zero-order valence-corrected chi connectivity index (χ0v) is 14.5. The number of fused-ring (bicyclic) bond motifs is 1. The van der Waals surface area contributed by atoms with Crippen LogP contribution in [0.5, 0.6) is 5.75 Å². The van der Waals surface area contributed by atoms with Gasteiger partial charge in [0.25, 0.3) is 0 Å². The molecule has 1 saturated heterocycles. The monoisotopic (exact) mass is 338 g/mol. The Morgan fingerprint density at radius 1 is 1.20 bits per heavy atom. The number of β-amino-alcohol motifs (C(OH)–C–C–N with tert-alkyl or cyclic N) is 1. The first-order valence-electron chi connectivity index (χ1n) is 8.53. The summed E-state index contributed by atoms with van der Waals surface area (Å²) in [4.78, 5) is 6.81. The van der Waals surface area contributed by atoms with E-state index in [-0.39, 0.29) is 6.10 Å². The SMILES string of the molecule is Cc1cc(C)n2ncc(CN3C[C@@H](O)[C@H](Oc4ccccc4)C3)c2n1. The van der Waals surface area contributed by atoms with Crippen molar-refractivity contribution in [2.45, 2.75) is 32.6 Å². The van der Waals surface area contributed by atoms with Crippen LogP contribution >= 0.6 is 0 Å². The van der Waals surface area contributed by atoms with Crippen LogP contribution in [0.25, 0.3) is 5.65 Å². The number of aryl methyl sites for hydroxylation is 2. The van der Waals surface area contributed by atoms with Crippen molar-refractivity contribution >= 4 is 5.65 Å². The Hall–Kier alpha value is -2.44. The Bertz CT molecular complexity index is 878. The number of hydrogen-bond donors (Lipinski definition) is 1. The molecular formula is C19H22N4O2. The van der Waals surface area contributed by atoms with Gasteiger partial charge >= 0.3 is 0 Å². The van der Waals surface area contributed by atoms with Crippen molar-refractivity contribution in [2.24, 2.45) is 0 Å². The van der Waals surface area contributed by atoms with Gasteiger partial charge in [-0.15, -0.1) is 0 Å². The van der Waals surface area contributed by atoms with Gasteiger partial charge in [0.05, 0.1) is 6.20 Å². The van der Waals surface area contributed by atoms with Crippen molar-refractivity contribution in [3.63, 3.8) is 0 Å². The van der Waals surface area contributed by atoms with Crippen LogP contribution in [0.4, 0.5) is 0 Å². The number of ether oxygens (including phenoxy) is 1. The van der Waals surface area contributed by atoms with Gasteiger partial charge in [0.1, 0.15) is 18.0 Å². The lowest BCUT2D eigenvalue weighted by Gasteiger charge is -2.17. The summed E-state index contributed by atoms with van der Waals surface area (Å²) >= 11 is 0. The van der Waals surface area contributed by atoms with Gasteiger partial charge in [0, 0.05) is 36.6 Å². The zero-order valence-electron chi connectivity index (χ0n) is 14.5. The molecule has 25 heavy (non-hydrogen) atoms. The van der Waals surface area contributed by atoms with E-state index in [1.54, 1.807) is 0 Å². The summed E-state index contributed by atoms with van der Waals surface area (Å²) in [5.41, 5.74) is 4.01. The van der Waals surface area contributed by atoms with Crippen molar-refractivity contribution in [2.75, 3.05) is 13.1 Å². The molecule has 1 aliphatic rings. The van der Waals surface area contributed by atoms with E-state index >= 15 is 0 Å². The summed E-state index contributed by atoms with van der Waals surface area (Å²) < 4.78 is 7.80. The Morgan fingerprint density at radius 2 is 2.00 bits per heavy atom. The number of nitrogens with zero attached hydrogens (tertiary/aromatic N) is 4. The van der Waals surface area contributed by atoms with E-state index in [0.29, 0.717) is 19.6 Å². The number of aliphatic hydroxyl groups is 1. The summed E-state index contributed by atoms with van der Waals surface area (Å²) in [6.07, 6.45) is 1.14. The summed E-state index contributed by atoms with van der Waals surface area (Å²) in [6.45, 7) is 5.98. The van der Waals surface area contributed by atoms with E-state index in [4.69, 9.17) is 4.74 Å². The standard InChI is InChI=1S/C19H22N4O2/c1-13-8-14(2)23-19(21-13)15(9-20-23)10-22-11-17(24)18(12-22)25-16-6-4-3-5-7-16/h3-9,17-18,24H,10-12H2,1-2H3/t17-,18-/m1/s1. The number of rotatable bonds is 4. The van der Waals surface area contributed by atoms with Crippen molar-refractivity contribution < 1.29 is 9.84 Å². The van der Waals surface area contributed by atoms with Gasteiger partial charge in [-0.05, 0) is 32.0 Å². The Labute approximate surface area is 146 Å². The number of benzene rings is 1. The number of aromatic nitrogens is 3. The molecule has 4 rings (SSSR count). The highest BCUT2D eigenvalue weighted by Crippen LogP contribution is 2.21. The first kappa shape index (κ1) is 16.1. The van der Waals surface area contributed by atoms with E-state index in [0.717, 1.165) is 28.3 Å². The van der Waals surface area contributed by atoms with Gasteiger partial charge in [-0.25, -0.2) is 9.50 Å². The fourth-order valence-electron chi connectivity index (χ4n) is 3.42. The number of aliphatic hydroxyl groups excluding tert-OH is 1. The molecule has 0 saturated carbocycles. The smallest absolute Gasteiger partial charge is 0.159 e. The molecule has 3 aromatic rings. The van der Waals surface area contributed by atoms with E-state index in [1.165, 1.54) is 0 Å². The predicted octanol–water partition coefficient (Wildman–Crippen LogP) is 1.97. The Morgan fingerprint density at radius 3 is 2.80 bits per heavy atom. The Kier molecular flexibility index (Phi) is 4.15. The second kappa shape index (κ2) is 6.46. The minimum atomic E-state index is -0.501. The molecule has 0 amide bonds. The molecule has 1 N–H and O–H groups in total. The quantitative estimate of drug-likeness (QED) is 0.788. The van der Waals surface area contributed by atoms with E-state index in [2.05, 4.69) is 15.0 Å². The van der Waals surface area contributed by atoms with Crippen molar-refractivity contribution in [3.05, 3.63) is 59.5 Å². The molecule has 6 nitrogen and oxygen atoms in total. The van der Waals surface area contributed by atoms with Crippen LogP contribution < -0.4 is 4.74 Å². The minimum absolute atomic E-state index is 0.222. The molecule has 2 aromatic heterocycles. The van der Waals surface area contributed by atoms with E-state index in [1.807, 2.05) is 61.0 Å². The number of likely N-dealkylation sites (tertiary alicyclic amines) is 1. The van der Waals surface area contributed by atoms with Gasteiger partial charge in [-0.2, -0.15) is 5.10 Å². The fourth-order valence-corrected chi connectivity index (χ4v) is 3.42. The lowest BCUT2D eigenvalue weighted by molar-refractivity contribution is 0.0737. The third-order valence-electron chi connectivity index (χ3n) is 4.59. The van der Waals surface area contributed by atoms with Gasteiger partial charge in [-0.3, -0.25) is 4.90 Å². The molecule has 6 heteroatoms. The average molecular weight is 338 g/mol. The molecule has 0 bridgehead atoms. The summed E-state index contributed by atoms with van der Waals surface area (Å²) in [5.74, 6) is 0.789. The molecular weight excluding hydrogens is 316 g/mol. The normalized spacial score (nSPS) is 21.1. The van der Waals surface area contributed by atoms with Crippen LogP contribution in [0.15, 0.2) is 42.6 Å². The fraction of sp³-hybridized carbons (Fsp3) is 0.368. The van der Waals surface area contributed by atoms with E-state index < -0.39 is 6.10 Å². The molecule has 0 spiro atoms. The third-order valence-corrected chi connectivity index (χ3v) is 4.59. The maximum atomic E-state index is 10.3. The van der Waals surface area contributed by atoms with Crippen molar-refractivity contribution in [1.82, 2.24) is 19.5 Å². The maximum Gasteiger partial charge on any atom is 0.159 e. The van der Waals surface area contributed by atoms with Gasteiger partial charge in [0.15, 0.2) is 5.65 Å². The summed E-state index contributed by atoms with van der Waals surface area (Å²) in [5, 5.41) is 14.8. The lowest BCUT2D eigenvalue weighted by atomic mass is 10.2. The van der Waals surface area contributed by atoms with Gasteiger partial charge in [0.2, 0.25) is 0 Å². The molecule has 1 aromatic carbocycles. The van der Waals surface area contributed by atoms with Crippen LogP contribution in [0.3, 0.4) is 0 Å². The molecule has 0 unspecified atom stereocenters. The minimum Gasteiger partial charge on any atom is -0.486 e. The Balaban J connectivity index is 1.49. The van der Waals surface area contributed by atoms with Crippen molar-refractivity contribution in [1.29, 1.82) is 0 Å². The van der Waals surface area contributed by atoms with Crippen LogP contribution in [0, 0.1) is 13.8 Å². The average Bonchev–Trinajstić information content (AvgIpc) is 3.13. The molecule has 1 fully saturated rings. The number of hydrogen-bond acceptors (Lipinski definition) is 5. The largest absolute Gasteiger partial charge is 0.486 e. The zero-order chi connectivity index (χ0) is 17.4. The highest BCUT2D eigenvalue weighted by atomic mass is 16.5. The van der Waals surface area contributed by atoms with Crippen LogP contribution in [0.2, 0.25) is 0 Å². The molecule has 3 heterocycles. The van der Waals surface area contributed by atoms with E-state index in [9.17, 15) is 5.11 Å². The predicted molar refractivity (Wildman–Crippen MR) is 94.6 cm³/mol. The highest BCUT2D eigenvalue weighted by molar-refractivity contribution is 5.47. The van der Waals surface area contributed by atoms with Crippen LogP contribution in [0.1, 0.15) is 17.0 Å². The third kappa shape index (κ3) is 3.23. The van der Waals surface area contributed by atoms with Gasteiger partial charge < -0.3 is 9.84 Å². The molecule has 0 aliphatic carbocycles. The number of para-hydroxylation sites is 1. The molecule has 1 aliphatic heterocycles. The second-order valence-corrected chi connectivity index (χ2v) is 6.67. The van der Waals surface area contributed by atoms with Crippen molar-refractivity contribution in [3.8, 4) is 5.75 Å². The first-order chi connectivity index (χ1) is 12.1. The van der Waals surface area contributed by atoms with Crippen LogP contribution in [-0.4, -0.2) is 49.9 Å². The van der Waals surface area contributed by atoms with Crippen LogP contribution in [-0.2, 0) is 6.54 Å². The van der Waals surface area contributed by atoms with Gasteiger partial charge in [-0.1, -0.05) is 18.2 Å². The summed E-state index contributed by atoms with van der Waals surface area (Å²) in [7, 11) is 0. The molecule has 0 radical (unpaired) electrons. The molecule has 130 valence electrons. The highest BCUT2D eigenvalue weighted by Gasteiger charge is 2.33. The topological polar surface area (TPSA) is 62.9 Å². The lowest BCUT2D eigenvalue weighted by Crippen LogP contribution is -2.29.